The number of fused-ring (bicyclic) bond motifs is 1. The summed E-state index contributed by atoms with van der Waals surface area (Å²) in [7, 11) is 0. The van der Waals surface area contributed by atoms with Crippen LogP contribution >= 0.6 is 27.3 Å². The highest BCUT2D eigenvalue weighted by molar-refractivity contribution is 9.10. The number of hydrogen-bond acceptors (Lipinski definition) is 3. The number of nitrogens with one attached hydrogen (secondary N) is 1. The topological polar surface area (TPSA) is 49.4 Å². The first-order chi connectivity index (χ1) is 13.5. The van der Waals surface area contributed by atoms with Gasteiger partial charge in [-0.05, 0) is 76.1 Å². The number of nitrogens with zero attached hydrogens (tertiary/aromatic N) is 1. The van der Waals surface area contributed by atoms with Gasteiger partial charge in [0.05, 0.1) is 5.56 Å². The molecule has 1 aromatic heterocycles. The van der Waals surface area contributed by atoms with Crippen LogP contribution in [0.3, 0.4) is 0 Å². The molecule has 0 fully saturated rings. The van der Waals surface area contributed by atoms with Gasteiger partial charge in [0.1, 0.15) is 0 Å². The van der Waals surface area contributed by atoms with Crippen molar-refractivity contribution in [3.05, 3.63) is 85.5 Å². The number of halogens is 1. The minimum Gasteiger partial charge on any atom is -0.334 e. The molecule has 0 spiro atoms. The molecular weight excluding hydrogens is 436 g/mol. The van der Waals surface area contributed by atoms with E-state index in [9.17, 15) is 9.59 Å². The number of amides is 2. The van der Waals surface area contributed by atoms with Crippen molar-refractivity contribution in [3.8, 4) is 0 Å². The van der Waals surface area contributed by atoms with Gasteiger partial charge in [-0.25, -0.2) is 0 Å². The summed E-state index contributed by atoms with van der Waals surface area (Å²) in [5.41, 5.74) is 3.85. The van der Waals surface area contributed by atoms with Crippen LogP contribution in [0, 0.1) is 6.92 Å². The molecule has 1 aliphatic rings. The number of anilines is 1. The molecule has 3 aromatic rings. The fourth-order valence-electron chi connectivity index (χ4n) is 3.43. The van der Waals surface area contributed by atoms with Crippen molar-refractivity contribution in [1.82, 2.24) is 4.90 Å². The Bertz CT molecular complexity index is 1060. The van der Waals surface area contributed by atoms with Crippen LogP contribution in [-0.2, 0) is 13.0 Å². The van der Waals surface area contributed by atoms with Gasteiger partial charge in [-0.2, -0.15) is 0 Å². The molecular formula is C22H19BrN2O2S. The summed E-state index contributed by atoms with van der Waals surface area (Å²) in [5.74, 6) is -0.201. The van der Waals surface area contributed by atoms with E-state index in [-0.39, 0.29) is 11.8 Å². The van der Waals surface area contributed by atoms with E-state index in [1.807, 2.05) is 48.2 Å². The number of carbonyl (C=O) groups is 2. The molecule has 2 heterocycles. The first-order valence-electron chi connectivity index (χ1n) is 9.04. The molecule has 0 atom stereocenters. The average molecular weight is 455 g/mol. The highest BCUT2D eigenvalue weighted by Crippen LogP contribution is 2.27. The van der Waals surface area contributed by atoms with Crippen LogP contribution in [0.4, 0.5) is 5.69 Å². The van der Waals surface area contributed by atoms with Crippen LogP contribution in [0.25, 0.3) is 0 Å². The average Bonchev–Trinajstić information content (AvgIpc) is 3.17. The van der Waals surface area contributed by atoms with Crippen molar-refractivity contribution in [2.75, 3.05) is 11.9 Å². The molecule has 0 aliphatic carbocycles. The third kappa shape index (κ3) is 3.62. The van der Waals surface area contributed by atoms with E-state index in [4.69, 9.17) is 0 Å². The molecule has 2 aromatic carbocycles. The monoisotopic (exact) mass is 454 g/mol. The predicted octanol–water partition coefficient (Wildman–Crippen LogP) is 5.27. The Hall–Kier alpha value is -2.44. The maximum absolute atomic E-state index is 13.1. The summed E-state index contributed by atoms with van der Waals surface area (Å²) in [6, 6.07) is 14.8. The number of thiophene rings is 1. The summed E-state index contributed by atoms with van der Waals surface area (Å²) in [6.45, 7) is 3.24. The number of benzene rings is 2. The highest BCUT2D eigenvalue weighted by atomic mass is 79.9. The second-order valence-electron chi connectivity index (χ2n) is 6.76. The highest BCUT2D eigenvalue weighted by Gasteiger charge is 2.24. The van der Waals surface area contributed by atoms with E-state index in [1.165, 1.54) is 10.4 Å². The van der Waals surface area contributed by atoms with Gasteiger partial charge < -0.3 is 10.2 Å². The molecule has 142 valence electrons. The lowest BCUT2D eigenvalue weighted by molar-refractivity contribution is 0.0735. The molecule has 0 saturated carbocycles. The Morgan fingerprint density at radius 2 is 1.86 bits per heavy atom. The molecule has 0 saturated heterocycles. The van der Waals surface area contributed by atoms with Crippen LogP contribution in [0.15, 0.2) is 58.4 Å². The largest absolute Gasteiger partial charge is 0.334 e. The molecule has 1 aliphatic heterocycles. The van der Waals surface area contributed by atoms with E-state index in [1.54, 1.807) is 17.4 Å². The third-order valence-electron chi connectivity index (χ3n) is 5.03. The van der Waals surface area contributed by atoms with Crippen molar-refractivity contribution in [3.63, 3.8) is 0 Å². The lowest BCUT2D eigenvalue weighted by Gasteiger charge is -2.28. The van der Waals surface area contributed by atoms with Crippen LogP contribution in [-0.4, -0.2) is 23.3 Å². The zero-order valence-corrected chi connectivity index (χ0v) is 17.8. The number of rotatable bonds is 3. The lowest BCUT2D eigenvalue weighted by atomic mass is 10.0. The third-order valence-corrected chi connectivity index (χ3v) is 6.74. The molecule has 2 amide bonds. The van der Waals surface area contributed by atoms with Crippen molar-refractivity contribution >= 4 is 44.8 Å². The first kappa shape index (κ1) is 18.9. The molecule has 4 nitrogen and oxygen atoms in total. The van der Waals surface area contributed by atoms with Gasteiger partial charge in [0.2, 0.25) is 0 Å². The Labute approximate surface area is 176 Å². The maximum Gasteiger partial charge on any atom is 0.256 e. The van der Waals surface area contributed by atoms with Gasteiger partial charge in [0.15, 0.2) is 0 Å². The summed E-state index contributed by atoms with van der Waals surface area (Å²) in [5, 5.41) is 5.02. The van der Waals surface area contributed by atoms with E-state index < -0.39 is 0 Å². The van der Waals surface area contributed by atoms with Gasteiger partial charge in [0.25, 0.3) is 11.8 Å². The fourth-order valence-corrected chi connectivity index (χ4v) is 4.78. The van der Waals surface area contributed by atoms with Gasteiger partial charge in [0, 0.05) is 33.7 Å². The van der Waals surface area contributed by atoms with Crippen molar-refractivity contribution in [2.45, 2.75) is 19.9 Å². The summed E-state index contributed by atoms with van der Waals surface area (Å²) >= 11 is 5.16. The number of carbonyl (C=O) groups excluding carboxylic acids is 2. The maximum atomic E-state index is 13.1. The van der Waals surface area contributed by atoms with Crippen LogP contribution in [0.5, 0.6) is 0 Å². The molecule has 28 heavy (non-hydrogen) atoms. The minimum absolute atomic E-state index is 0.00587. The Morgan fingerprint density at radius 3 is 2.68 bits per heavy atom. The number of hydrogen-bond donors (Lipinski definition) is 1. The zero-order chi connectivity index (χ0) is 19.7. The summed E-state index contributed by atoms with van der Waals surface area (Å²) < 4.78 is 0.734. The van der Waals surface area contributed by atoms with Crippen LogP contribution in [0.1, 0.15) is 36.7 Å². The molecule has 0 radical (unpaired) electrons. The summed E-state index contributed by atoms with van der Waals surface area (Å²) in [6.07, 6.45) is 0.899. The molecule has 4 rings (SSSR count). The van der Waals surface area contributed by atoms with Crippen molar-refractivity contribution in [1.29, 1.82) is 0 Å². The SMILES string of the molecule is Cc1c(NC(=O)c2ccccc2Br)cccc1C(=O)N1CCc2sccc2C1. The van der Waals surface area contributed by atoms with Crippen molar-refractivity contribution in [2.24, 2.45) is 0 Å². The minimum atomic E-state index is -0.207. The molecule has 0 bridgehead atoms. The van der Waals surface area contributed by atoms with E-state index in [0.29, 0.717) is 23.4 Å². The molecule has 6 heteroatoms. The molecule has 0 unspecified atom stereocenters. The van der Waals surface area contributed by atoms with Gasteiger partial charge in [-0.1, -0.05) is 18.2 Å². The molecule has 1 N–H and O–H groups in total. The Morgan fingerprint density at radius 1 is 1.07 bits per heavy atom. The lowest BCUT2D eigenvalue weighted by Crippen LogP contribution is -2.35. The van der Waals surface area contributed by atoms with E-state index in [0.717, 1.165) is 23.0 Å². The standard InChI is InChI=1S/C22H19BrN2O2S/c1-14-16(22(27)25-11-9-20-15(13-25)10-12-28-20)6-4-8-19(14)24-21(26)17-5-2-3-7-18(17)23/h2-8,10,12H,9,11,13H2,1H3,(H,24,26). The quantitative estimate of drug-likeness (QED) is 0.585. The smallest absolute Gasteiger partial charge is 0.256 e. The second-order valence-corrected chi connectivity index (χ2v) is 8.61. The van der Waals surface area contributed by atoms with Crippen LogP contribution in [0.2, 0.25) is 0 Å². The van der Waals surface area contributed by atoms with Crippen LogP contribution < -0.4 is 5.32 Å². The normalized spacial score (nSPS) is 13.1. The summed E-state index contributed by atoms with van der Waals surface area (Å²) in [4.78, 5) is 29.0. The second kappa shape index (κ2) is 7.89. The fraction of sp³-hybridized carbons (Fsp3) is 0.182. The van der Waals surface area contributed by atoms with Crippen molar-refractivity contribution < 1.29 is 9.59 Å². The van der Waals surface area contributed by atoms with E-state index in [2.05, 4.69) is 32.7 Å². The predicted molar refractivity (Wildman–Crippen MR) is 116 cm³/mol. The van der Waals surface area contributed by atoms with Gasteiger partial charge in [-0.3, -0.25) is 9.59 Å². The Balaban J connectivity index is 1.56. The van der Waals surface area contributed by atoms with Gasteiger partial charge >= 0.3 is 0 Å². The zero-order valence-electron chi connectivity index (χ0n) is 15.4. The van der Waals surface area contributed by atoms with Gasteiger partial charge in [-0.15, -0.1) is 11.3 Å². The Kier molecular flexibility index (Phi) is 5.33. The first-order valence-corrected chi connectivity index (χ1v) is 10.7. The van der Waals surface area contributed by atoms with E-state index >= 15 is 0 Å².